The molecule has 1 aromatic carbocycles. The van der Waals surface area contributed by atoms with E-state index in [1.165, 1.54) is 0 Å². The van der Waals surface area contributed by atoms with Crippen LogP contribution in [0.2, 0.25) is 0 Å². The maximum absolute atomic E-state index is 10.5. The first-order chi connectivity index (χ1) is 6.58. The normalized spacial score (nSPS) is 11.3. The minimum Gasteiger partial charge on any atom is -0.494 e. The molecule has 4 nitrogen and oxygen atoms in total. The second-order valence-electron chi connectivity index (χ2n) is 2.90. The summed E-state index contributed by atoms with van der Waals surface area (Å²) >= 11 is 0. The lowest BCUT2D eigenvalue weighted by Gasteiger charge is -2.06. The highest BCUT2D eigenvalue weighted by atomic mass is 31.2. The number of benzene rings is 1. The summed E-state index contributed by atoms with van der Waals surface area (Å²) in [6.07, 6.45) is 0.235. The van der Waals surface area contributed by atoms with Crippen molar-refractivity contribution >= 4 is 7.60 Å². The minimum absolute atomic E-state index is 0.125. The summed E-state index contributed by atoms with van der Waals surface area (Å²) in [6.45, 7) is 0.328. The van der Waals surface area contributed by atoms with Crippen molar-refractivity contribution in [2.75, 3.05) is 12.8 Å². The second-order valence-corrected chi connectivity index (χ2v) is 4.68. The molecule has 0 aliphatic carbocycles. The van der Waals surface area contributed by atoms with Crippen LogP contribution in [0.4, 0.5) is 0 Å². The van der Waals surface area contributed by atoms with E-state index >= 15 is 0 Å². The summed E-state index contributed by atoms with van der Waals surface area (Å²) in [5.41, 5.74) is 0. The molecular weight excluding hydrogens is 203 g/mol. The Bertz CT molecular complexity index is 306. The van der Waals surface area contributed by atoms with E-state index in [0.29, 0.717) is 13.0 Å². The number of rotatable bonds is 5. The van der Waals surface area contributed by atoms with Gasteiger partial charge in [0.2, 0.25) is 0 Å². The van der Waals surface area contributed by atoms with Crippen molar-refractivity contribution < 1.29 is 19.1 Å². The largest absolute Gasteiger partial charge is 0.494 e. The molecule has 1 rings (SSSR count). The number of para-hydroxylation sites is 1. The Morgan fingerprint density at radius 3 is 2.43 bits per heavy atom. The first-order valence-corrected chi connectivity index (χ1v) is 6.10. The Hall–Kier alpha value is -0.830. The van der Waals surface area contributed by atoms with Crippen LogP contribution in [0.1, 0.15) is 6.42 Å². The van der Waals surface area contributed by atoms with Gasteiger partial charge >= 0.3 is 7.60 Å². The fraction of sp³-hybridized carbons (Fsp3) is 0.333. The van der Waals surface area contributed by atoms with Crippen molar-refractivity contribution in [2.24, 2.45) is 0 Å². The first kappa shape index (κ1) is 11.2. The zero-order valence-electron chi connectivity index (χ0n) is 7.67. The predicted molar refractivity (Wildman–Crippen MR) is 53.5 cm³/mol. The van der Waals surface area contributed by atoms with E-state index in [-0.39, 0.29) is 6.16 Å². The molecule has 78 valence electrons. The summed E-state index contributed by atoms with van der Waals surface area (Å²) in [5.74, 6) is 0.721. The van der Waals surface area contributed by atoms with E-state index in [4.69, 9.17) is 14.5 Å². The Morgan fingerprint density at radius 1 is 1.21 bits per heavy atom. The molecule has 0 unspecified atom stereocenters. The molecule has 0 aliphatic heterocycles. The van der Waals surface area contributed by atoms with E-state index in [2.05, 4.69) is 0 Å². The molecule has 0 radical (unpaired) electrons. The highest BCUT2D eigenvalue weighted by Crippen LogP contribution is 2.34. The van der Waals surface area contributed by atoms with Crippen LogP contribution >= 0.6 is 7.60 Å². The van der Waals surface area contributed by atoms with Crippen LogP contribution in [-0.2, 0) is 4.57 Å². The smallest absolute Gasteiger partial charge is 0.325 e. The van der Waals surface area contributed by atoms with Crippen molar-refractivity contribution in [1.29, 1.82) is 0 Å². The molecule has 0 spiro atoms. The molecule has 0 atom stereocenters. The van der Waals surface area contributed by atoms with Crippen molar-refractivity contribution in [1.82, 2.24) is 0 Å². The number of hydrogen-bond acceptors (Lipinski definition) is 2. The summed E-state index contributed by atoms with van der Waals surface area (Å²) in [7, 11) is -3.87. The van der Waals surface area contributed by atoms with Crippen LogP contribution in [0.15, 0.2) is 30.3 Å². The van der Waals surface area contributed by atoms with Crippen LogP contribution in [0.5, 0.6) is 5.75 Å². The van der Waals surface area contributed by atoms with Gasteiger partial charge in [0.05, 0.1) is 12.8 Å². The molecule has 2 N–H and O–H groups in total. The monoisotopic (exact) mass is 216 g/mol. The summed E-state index contributed by atoms with van der Waals surface area (Å²) in [5, 5.41) is 0. The molecule has 5 heteroatoms. The van der Waals surface area contributed by atoms with Gasteiger partial charge in [-0.1, -0.05) is 18.2 Å². The maximum atomic E-state index is 10.5. The lowest BCUT2D eigenvalue weighted by molar-refractivity contribution is 0.309. The maximum Gasteiger partial charge on any atom is 0.325 e. The summed E-state index contributed by atoms with van der Waals surface area (Å²) < 4.78 is 15.7. The average molecular weight is 216 g/mol. The van der Waals surface area contributed by atoms with Gasteiger partial charge in [0.1, 0.15) is 5.75 Å². The van der Waals surface area contributed by atoms with Gasteiger partial charge in [0.25, 0.3) is 0 Å². The lowest BCUT2D eigenvalue weighted by Crippen LogP contribution is -2.00. The van der Waals surface area contributed by atoms with Crippen molar-refractivity contribution in [3.05, 3.63) is 30.3 Å². The third-order valence-corrected chi connectivity index (χ3v) is 2.50. The zero-order chi connectivity index (χ0) is 10.4. The first-order valence-electron chi connectivity index (χ1n) is 4.30. The van der Waals surface area contributed by atoms with Crippen LogP contribution in [0, 0.1) is 0 Å². The molecule has 0 saturated carbocycles. The predicted octanol–water partition coefficient (Wildman–Crippen LogP) is 1.63. The standard InChI is InChI=1S/C9H13O4P/c10-14(11,12)8-4-7-13-9-5-2-1-3-6-9/h1-3,5-6H,4,7-8H2,(H2,10,11,12). The van der Waals surface area contributed by atoms with Gasteiger partial charge in [-0.05, 0) is 18.6 Å². The fourth-order valence-corrected chi connectivity index (χ4v) is 1.52. The topological polar surface area (TPSA) is 66.8 Å². The van der Waals surface area contributed by atoms with Gasteiger partial charge < -0.3 is 14.5 Å². The Balaban J connectivity index is 2.20. The van der Waals surface area contributed by atoms with Gasteiger partial charge in [-0.25, -0.2) is 0 Å². The average Bonchev–Trinajstić information content (AvgIpc) is 2.13. The van der Waals surface area contributed by atoms with E-state index in [1.54, 1.807) is 12.1 Å². The van der Waals surface area contributed by atoms with Crippen molar-refractivity contribution in [3.8, 4) is 5.75 Å². The van der Waals surface area contributed by atoms with E-state index in [1.807, 2.05) is 18.2 Å². The number of ether oxygens (including phenoxy) is 1. The number of hydrogen-bond donors (Lipinski definition) is 2. The molecule has 0 aromatic heterocycles. The Morgan fingerprint density at radius 2 is 1.86 bits per heavy atom. The highest BCUT2D eigenvalue weighted by molar-refractivity contribution is 7.51. The van der Waals surface area contributed by atoms with Crippen LogP contribution in [0.25, 0.3) is 0 Å². The Labute approximate surface area is 82.7 Å². The summed E-state index contributed by atoms with van der Waals surface area (Å²) in [6, 6.07) is 9.17. The van der Waals surface area contributed by atoms with Crippen LogP contribution in [0.3, 0.4) is 0 Å². The van der Waals surface area contributed by atoms with Gasteiger partial charge in [-0.3, -0.25) is 4.57 Å². The lowest BCUT2D eigenvalue weighted by atomic mass is 10.3. The molecule has 0 aliphatic rings. The highest BCUT2D eigenvalue weighted by Gasteiger charge is 2.11. The van der Waals surface area contributed by atoms with Crippen LogP contribution in [-0.4, -0.2) is 22.6 Å². The van der Waals surface area contributed by atoms with Crippen molar-refractivity contribution in [3.63, 3.8) is 0 Å². The van der Waals surface area contributed by atoms with Crippen LogP contribution < -0.4 is 4.74 Å². The van der Waals surface area contributed by atoms with Gasteiger partial charge in [-0.2, -0.15) is 0 Å². The molecule has 1 aromatic rings. The quantitative estimate of drug-likeness (QED) is 0.580. The second kappa shape index (κ2) is 5.15. The SMILES string of the molecule is O=P(O)(O)CCCOc1ccccc1. The van der Waals surface area contributed by atoms with Gasteiger partial charge in [-0.15, -0.1) is 0 Å². The van der Waals surface area contributed by atoms with E-state index in [9.17, 15) is 4.57 Å². The molecule has 0 amide bonds. The third-order valence-electron chi connectivity index (χ3n) is 1.61. The van der Waals surface area contributed by atoms with E-state index < -0.39 is 7.60 Å². The van der Waals surface area contributed by atoms with Gasteiger partial charge in [0, 0.05) is 0 Å². The zero-order valence-corrected chi connectivity index (χ0v) is 8.56. The third kappa shape index (κ3) is 5.02. The molecule has 0 heterocycles. The van der Waals surface area contributed by atoms with Crippen molar-refractivity contribution in [2.45, 2.75) is 6.42 Å². The molecule has 14 heavy (non-hydrogen) atoms. The minimum atomic E-state index is -3.87. The molecule has 0 saturated heterocycles. The summed E-state index contributed by atoms with van der Waals surface area (Å²) in [4.78, 5) is 17.1. The van der Waals surface area contributed by atoms with E-state index in [0.717, 1.165) is 5.75 Å². The molecular formula is C9H13O4P. The fourth-order valence-electron chi connectivity index (χ4n) is 0.977. The Kier molecular flexibility index (Phi) is 4.14. The molecule has 0 bridgehead atoms. The van der Waals surface area contributed by atoms with Gasteiger partial charge in [0.15, 0.2) is 0 Å². The molecule has 0 fully saturated rings.